The van der Waals surface area contributed by atoms with E-state index in [0.29, 0.717) is 30.4 Å². The number of carbonyl (C=O) groups excluding carboxylic acids is 2. The molecule has 0 spiro atoms. The number of rotatable bonds is 4. The van der Waals surface area contributed by atoms with Crippen molar-refractivity contribution in [3.63, 3.8) is 0 Å². The highest BCUT2D eigenvalue weighted by Crippen LogP contribution is 2.36. The lowest BCUT2D eigenvalue weighted by atomic mass is 10.2. The monoisotopic (exact) mass is 438 g/mol. The van der Waals surface area contributed by atoms with Crippen LogP contribution < -0.4 is 20.1 Å². The van der Waals surface area contributed by atoms with Gasteiger partial charge in [0.15, 0.2) is 11.5 Å². The zero-order valence-electron chi connectivity index (χ0n) is 16.8. The Labute approximate surface area is 183 Å². The van der Waals surface area contributed by atoms with Crippen LogP contribution in [-0.4, -0.2) is 48.1 Å². The maximum Gasteiger partial charge on any atom is 0.325 e. The first kappa shape index (κ1) is 19.8. The molecule has 1 saturated heterocycles. The number of benzene rings is 2. The molecule has 0 bridgehead atoms. The Bertz CT molecular complexity index is 1100. The van der Waals surface area contributed by atoms with Gasteiger partial charge < -0.3 is 14.8 Å². The number of amides is 3. The molecule has 3 heterocycles. The molecule has 8 nitrogen and oxygen atoms in total. The summed E-state index contributed by atoms with van der Waals surface area (Å²) in [6.45, 7) is 1.92. The van der Waals surface area contributed by atoms with E-state index in [-0.39, 0.29) is 18.5 Å². The number of urea groups is 1. The zero-order chi connectivity index (χ0) is 21.2. The first-order valence-corrected chi connectivity index (χ1v) is 11.1. The second-order valence-electron chi connectivity index (χ2n) is 7.51. The lowest BCUT2D eigenvalue weighted by Gasteiger charge is -2.22. The fourth-order valence-corrected chi connectivity index (χ4v) is 5.10. The third-order valence-corrected chi connectivity index (χ3v) is 6.50. The summed E-state index contributed by atoms with van der Waals surface area (Å²) in [5, 5.41) is 6.11. The van der Waals surface area contributed by atoms with Crippen LogP contribution in [-0.2, 0) is 4.79 Å². The summed E-state index contributed by atoms with van der Waals surface area (Å²) in [4.78, 5) is 31.6. The van der Waals surface area contributed by atoms with Gasteiger partial charge in [-0.05, 0) is 43.7 Å². The number of nitrogens with zero attached hydrogens (tertiary/aromatic N) is 2. The second kappa shape index (κ2) is 8.52. The fourth-order valence-electron chi connectivity index (χ4n) is 3.96. The molecular weight excluding hydrogens is 416 g/mol. The van der Waals surface area contributed by atoms with Crippen LogP contribution in [0.15, 0.2) is 42.5 Å². The van der Waals surface area contributed by atoms with E-state index in [1.807, 2.05) is 18.2 Å². The predicted octanol–water partition coefficient (Wildman–Crippen LogP) is 3.55. The molecule has 3 aromatic rings. The molecule has 9 heteroatoms. The highest BCUT2D eigenvalue weighted by Gasteiger charge is 2.30. The van der Waals surface area contributed by atoms with Gasteiger partial charge in [-0.2, -0.15) is 0 Å². The Morgan fingerprint density at radius 2 is 1.97 bits per heavy atom. The maximum absolute atomic E-state index is 12.5. The standard InChI is InChI=1S/C22H22N4O4S/c27-20(25-22(28)23-14-7-8-17-18(12-14)30-11-10-29-17)13-26-9-3-5-16(26)21-24-15-4-1-2-6-19(15)31-21/h1-2,4,6-8,12,16H,3,5,9-11,13H2,(H2,23,25,27,28)/t16-/m1/s1. The third kappa shape index (κ3) is 4.33. The lowest BCUT2D eigenvalue weighted by Crippen LogP contribution is -2.41. The molecule has 160 valence electrons. The average molecular weight is 439 g/mol. The number of para-hydroxylation sites is 1. The van der Waals surface area contributed by atoms with Crippen LogP contribution in [0.1, 0.15) is 23.9 Å². The van der Waals surface area contributed by atoms with Crippen molar-refractivity contribution in [3.05, 3.63) is 47.5 Å². The number of anilines is 1. The number of imide groups is 1. The van der Waals surface area contributed by atoms with Crippen molar-refractivity contribution in [1.82, 2.24) is 15.2 Å². The Balaban J connectivity index is 1.19. The Hall–Kier alpha value is -3.17. The summed E-state index contributed by atoms with van der Waals surface area (Å²) in [5.74, 6) is 0.873. The number of hydrogen-bond donors (Lipinski definition) is 2. The van der Waals surface area contributed by atoms with E-state index in [1.165, 1.54) is 0 Å². The topological polar surface area (TPSA) is 92.8 Å². The molecule has 2 aliphatic heterocycles. The Morgan fingerprint density at radius 1 is 1.13 bits per heavy atom. The molecule has 31 heavy (non-hydrogen) atoms. The molecule has 1 atom stereocenters. The molecule has 2 aromatic carbocycles. The molecule has 3 amide bonds. The molecule has 5 rings (SSSR count). The number of likely N-dealkylation sites (tertiary alicyclic amines) is 1. The van der Waals surface area contributed by atoms with E-state index >= 15 is 0 Å². The van der Waals surface area contributed by atoms with Crippen LogP contribution in [0.25, 0.3) is 10.2 Å². The first-order chi connectivity index (χ1) is 15.2. The molecule has 2 aliphatic rings. The number of ether oxygens (including phenoxy) is 2. The summed E-state index contributed by atoms with van der Waals surface area (Å²) in [7, 11) is 0. The van der Waals surface area contributed by atoms with E-state index in [2.05, 4.69) is 21.6 Å². The van der Waals surface area contributed by atoms with E-state index in [1.54, 1.807) is 29.5 Å². The highest BCUT2D eigenvalue weighted by atomic mass is 32.1. The second-order valence-corrected chi connectivity index (χ2v) is 8.57. The number of nitrogens with one attached hydrogen (secondary N) is 2. The largest absolute Gasteiger partial charge is 0.486 e. The van der Waals surface area contributed by atoms with Crippen molar-refractivity contribution >= 4 is 39.2 Å². The van der Waals surface area contributed by atoms with Crippen molar-refractivity contribution in [2.24, 2.45) is 0 Å². The van der Waals surface area contributed by atoms with Gasteiger partial charge in [-0.25, -0.2) is 9.78 Å². The van der Waals surface area contributed by atoms with E-state index < -0.39 is 6.03 Å². The van der Waals surface area contributed by atoms with Crippen molar-refractivity contribution in [1.29, 1.82) is 0 Å². The van der Waals surface area contributed by atoms with Gasteiger partial charge in [0, 0.05) is 11.8 Å². The van der Waals surface area contributed by atoms with Gasteiger partial charge >= 0.3 is 6.03 Å². The Kier molecular flexibility index (Phi) is 5.44. The third-order valence-electron chi connectivity index (χ3n) is 5.36. The van der Waals surface area contributed by atoms with Crippen LogP contribution in [0.3, 0.4) is 0 Å². The number of fused-ring (bicyclic) bond motifs is 2. The average Bonchev–Trinajstić information content (AvgIpc) is 3.39. The van der Waals surface area contributed by atoms with Crippen LogP contribution in [0.2, 0.25) is 0 Å². The van der Waals surface area contributed by atoms with Crippen LogP contribution in [0.4, 0.5) is 10.5 Å². The highest BCUT2D eigenvalue weighted by molar-refractivity contribution is 7.18. The van der Waals surface area contributed by atoms with Gasteiger partial charge in [-0.15, -0.1) is 11.3 Å². The molecule has 1 fully saturated rings. The summed E-state index contributed by atoms with van der Waals surface area (Å²) in [6, 6.07) is 12.7. The van der Waals surface area contributed by atoms with Gasteiger partial charge in [-0.1, -0.05) is 12.1 Å². The van der Waals surface area contributed by atoms with E-state index in [9.17, 15) is 9.59 Å². The normalized spacial score (nSPS) is 18.1. The summed E-state index contributed by atoms with van der Waals surface area (Å²) in [5.41, 5.74) is 1.51. The van der Waals surface area contributed by atoms with Gasteiger partial charge in [0.05, 0.1) is 22.8 Å². The molecular formula is C22H22N4O4S. The summed E-state index contributed by atoms with van der Waals surface area (Å²) in [6.07, 6.45) is 1.95. The lowest BCUT2D eigenvalue weighted by molar-refractivity contribution is -0.121. The molecule has 0 unspecified atom stereocenters. The predicted molar refractivity (Wildman–Crippen MR) is 118 cm³/mol. The quantitative estimate of drug-likeness (QED) is 0.647. The van der Waals surface area contributed by atoms with Gasteiger partial charge in [0.1, 0.15) is 18.2 Å². The molecule has 2 N–H and O–H groups in total. The van der Waals surface area contributed by atoms with Crippen molar-refractivity contribution in [3.8, 4) is 11.5 Å². The number of hydrogen-bond acceptors (Lipinski definition) is 7. The van der Waals surface area contributed by atoms with Crippen molar-refractivity contribution in [2.75, 3.05) is 31.6 Å². The number of thiazole rings is 1. The van der Waals surface area contributed by atoms with Gasteiger partial charge in [0.2, 0.25) is 5.91 Å². The molecule has 1 aromatic heterocycles. The van der Waals surface area contributed by atoms with Gasteiger partial charge in [0.25, 0.3) is 0 Å². The number of carbonyl (C=O) groups is 2. The SMILES string of the molecule is O=C(CN1CCC[C@@H]1c1nc2ccccc2s1)NC(=O)Nc1ccc2c(c1)OCCO2. The van der Waals surface area contributed by atoms with E-state index in [0.717, 1.165) is 34.6 Å². The van der Waals surface area contributed by atoms with E-state index in [4.69, 9.17) is 14.5 Å². The van der Waals surface area contributed by atoms with Crippen LogP contribution >= 0.6 is 11.3 Å². The van der Waals surface area contributed by atoms with Crippen LogP contribution in [0, 0.1) is 0 Å². The number of aromatic nitrogens is 1. The summed E-state index contributed by atoms with van der Waals surface area (Å²) < 4.78 is 12.1. The first-order valence-electron chi connectivity index (χ1n) is 10.3. The van der Waals surface area contributed by atoms with Crippen LogP contribution in [0.5, 0.6) is 11.5 Å². The minimum atomic E-state index is -0.572. The fraction of sp³-hybridized carbons (Fsp3) is 0.318. The van der Waals surface area contributed by atoms with Gasteiger partial charge in [-0.3, -0.25) is 15.0 Å². The molecule has 0 aliphatic carbocycles. The molecule has 0 saturated carbocycles. The summed E-state index contributed by atoms with van der Waals surface area (Å²) >= 11 is 1.67. The maximum atomic E-state index is 12.5. The smallest absolute Gasteiger partial charge is 0.325 e. The minimum absolute atomic E-state index is 0.101. The Morgan fingerprint density at radius 3 is 2.84 bits per heavy atom. The zero-order valence-corrected chi connectivity index (χ0v) is 17.6. The molecule has 0 radical (unpaired) electrons. The minimum Gasteiger partial charge on any atom is -0.486 e. The van der Waals surface area contributed by atoms with Crippen molar-refractivity contribution in [2.45, 2.75) is 18.9 Å². The van der Waals surface area contributed by atoms with Crippen molar-refractivity contribution < 1.29 is 19.1 Å².